The van der Waals surface area contributed by atoms with Gasteiger partial charge in [-0.3, -0.25) is 4.79 Å². The van der Waals surface area contributed by atoms with E-state index in [2.05, 4.69) is 5.32 Å². The van der Waals surface area contributed by atoms with Crippen molar-refractivity contribution in [3.8, 4) is 17.1 Å². The van der Waals surface area contributed by atoms with Crippen molar-refractivity contribution < 1.29 is 27.1 Å². The van der Waals surface area contributed by atoms with E-state index in [0.717, 1.165) is 6.26 Å². The molecule has 3 rings (SSSR count). The molecular weight excluding hydrogens is 361 g/mol. The number of hydrogen-bond donors (Lipinski definition) is 2. The number of phenolic OH excluding ortho intramolecular Hbond substituents is 1. The second-order valence-corrected chi connectivity index (χ2v) is 8.08. The largest absolute Gasteiger partial charge is 0.508 e. The second-order valence-electron chi connectivity index (χ2n) is 5.94. The molecule has 0 aliphatic rings. The maximum absolute atomic E-state index is 13.2. The molecule has 2 N–H and O–H groups in total. The van der Waals surface area contributed by atoms with Crippen molar-refractivity contribution in [2.24, 2.45) is 0 Å². The fourth-order valence-corrected chi connectivity index (χ4v) is 3.52. The summed E-state index contributed by atoms with van der Waals surface area (Å²) in [4.78, 5) is 12.4. The lowest BCUT2D eigenvalue weighted by molar-refractivity contribution is 0.0964. The van der Waals surface area contributed by atoms with Gasteiger partial charge in [0, 0.05) is 29.8 Å². The Morgan fingerprint density at radius 1 is 1.23 bits per heavy atom. The van der Waals surface area contributed by atoms with Gasteiger partial charge in [0.05, 0.1) is 11.3 Å². The number of hydrogen-bond acceptors (Lipinski definition) is 5. The van der Waals surface area contributed by atoms with Crippen molar-refractivity contribution in [1.82, 2.24) is 5.32 Å². The number of aromatic hydroxyl groups is 1. The van der Waals surface area contributed by atoms with Gasteiger partial charge in [-0.15, -0.1) is 0 Å². The summed E-state index contributed by atoms with van der Waals surface area (Å²) in [5, 5.41) is 13.0. The van der Waals surface area contributed by atoms with E-state index in [-0.39, 0.29) is 34.0 Å². The number of furan rings is 1. The third kappa shape index (κ3) is 3.41. The Bertz CT molecular complexity index is 1100. The third-order valence-corrected chi connectivity index (χ3v) is 4.70. The van der Waals surface area contributed by atoms with Crippen LogP contribution >= 0.6 is 0 Å². The molecule has 136 valence electrons. The molecule has 0 spiro atoms. The van der Waals surface area contributed by atoms with Gasteiger partial charge in [0.1, 0.15) is 22.9 Å². The molecule has 1 amide bonds. The first-order chi connectivity index (χ1) is 12.2. The fraction of sp³-hybridized carbons (Fsp3) is 0.167. The third-order valence-electron chi connectivity index (χ3n) is 3.87. The zero-order valence-corrected chi connectivity index (χ0v) is 14.9. The van der Waals surface area contributed by atoms with Crippen LogP contribution in [-0.2, 0) is 15.6 Å². The average molecular weight is 377 g/mol. The van der Waals surface area contributed by atoms with Crippen LogP contribution in [0.5, 0.6) is 5.75 Å². The number of sulfone groups is 1. The normalized spacial score (nSPS) is 11.7. The Hall–Kier alpha value is -2.87. The van der Waals surface area contributed by atoms with E-state index in [1.807, 2.05) is 0 Å². The number of phenols is 1. The smallest absolute Gasteiger partial charge is 0.255 e. The topological polar surface area (TPSA) is 96.6 Å². The molecule has 0 aliphatic heterocycles. The van der Waals surface area contributed by atoms with Crippen molar-refractivity contribution in [3.63, 3.8) is 0 Å². The van der Waals surface area contributed by atoms with Gasteiger partial charge in [0.15, 0.2) is 9.84 Å². The Kier molecular flexibility index (Phi) is 4.45. The van der Waals surface area contributed by atoms with Gasteiger partial charge in [-0.05, 0) is 36.4 Å². The van der Waals surface area contributed by atoms with E-state index in [1.165, 1.54) is 43.4 Å². The van der Waals surface area contributed by atoms with Crippen molar-refractivity contribution in [1.29, 1.82) is 0 Å². The highest BCUT2D eigenvalue weighted by atomic mass is 32.2. The average Bonchev–Trinajstić information content (AvgIpc) is 2.92. The number of carbonyl (C=O) groups excluding carboxylic acids is 1. The summed E-state index contributed by atoms with van der Waals surface area (Å²) in [7, 11) is -1.92. The van der Waals surface area contributed by atoms with E-state index in [1.54, 1.807) is 0 Å². The molecule has 0 saturated carbocycles. The number of halogens is 1. The Morgan fingerprint density at radius 3 is 2.46 bits per heavy atom. The summed E-state index contributed by atoms with van der Waals surface area (Å²) >= 11 is 0. The molecule has 6 nitrogen and oxygen atoms in total. The van der Waals surface area contributed by atoms with Crippen LogP contribution in [-0.4, -0.2) is 32.7 Å². The summed E-state index contributed by atoms with van der Waals surface area (Å²) in [5.41, 5.74) is 1.07. The van der Waals surface area contributed by atoms with Crippen molar-refractivity contribution >= 4 is 26.7 Å². The summed E-state index contributed by atoms with van der Waals surface area (Å²) < 4.78 is 42.0. The van der Waals surface area contributed by atoms with Gasteiger partial charge in [0.25, 0.3) is 5.91 Å². The first kappa shape index (κ1) is 17.9. The van der Waals surface area contributed by atoms with Crippen LogP contribution in [0.25, 0.3) is 22.3 Å². The zero-order chi connectivity index (χ0) is 19.1. The van der Waals surface area contributed by atoms with E-state index >= 15 is 0 Å². The molecule has 8 heteroatoms. The minimum atomic E-state index is -3.37. The Morgan fingerprint density at radius 2 is 1.88 bits per heavy atom. The van der Waals surface area contributed by atoms with Gasteiger partial charge >= 0.3 is 0 Å². The number of benzene rings is 2. The van der Waals surface area contributed by atoms with Gasteiger partial charge in [-0.25, -0.2) is 12.8 Å². The quantitative estimate of drug-likeness (QED) is 0.729. The Balaban J connectivity index is 2.27. The summed E-state index contributed by atoms with van der Waals surface area (Å²) in [5.74, 6) is -1.29. The first-order valence-corrected chi connectivity index (χ1v) is 9.70. The minimum absolute atomic E-state index is 0.169. The van der Waals surface area contributed by atoms with Crippen molar-refractivity contribution in [2.45, 2.75) is 5.75 Å². The molecule has 3 aromatic rings. The van der Waals surface area contributed by atoms with Crippen LogP contribution in [0.3, 0.4) is 0 Å². The molecule has 26 heavy (non-hydrogen) atoms. The number of rotatable bonds is 4. The maximum Gasteiger partial charge on any atom is 0.255 e. The summed E-state index contributed by atoms with van der Waals surface area (Å²) in [6.45, 7) is 0. The Labute approximate surface area is 149 Å². The summed E-state index contributed by atoms with van der Waals surface area (Å²) in [6, 6.07) is 8.11. The van der Waals surface area contributed by atoms with Gasteiger partial charge < -0.3 is 14.8 Å². The second kappa shape index (κ2) is 6.45. The van der Waals surface area contributed by atoms with Crippen LogP contribution in [0.4, 0.5) is 4.39 Å². The molecule has 0 bridgehead atoms. The van der Waals surface area contributed by atoms with Crippen molar-refractivity contribution in [3.05, 3.63) is 53.3 Å². The van der Waals surface area contributed by atoms with E-state index in [9.17, 15) is 22.7 Å². The number of nitrogens with one attached hydrogen (secondary N) is 1. The van der Waals surface area contributed by atoms with E-state index < -0.39 is 21.6 Å². The van der Waals surface area contributed by atoms with Gasteiger partial charge in [0.2, 0.25) is 0 Å². The lowest BCUT2D eigenvalue weighted by Crippen LogP contribution is -2.18. The van der Waals surface area contributed by atoms with Crippen LogP contribution in [0, 0.1) is 5.82 Å². The van der Waals surface area contributed by atoms with Crippen LogP contribution in [0.15, 0.2) is 40.8 Å². The molecule has 0 fully saturated rings. The van der Waals surface area contributed by atoms with E-state index in [4.69, 9.17) is 4.42 Å². The van der Waals surface area contributed by atoms with E-state index in [0.29, 0.717) is 10.9 Å². The lowest BCUT2D eigenvalue weighted by atomic mass is 10.0. The highest BCUT2D eigenvalue weighted by molar-refractivity contribution is 7.89. The molecule has 1 aromatic heterocycles. The molecule has 0 unspecified atom stereocenters. The zero-order valence-electron chi connectivity index (χ0n) is 14.0. The predicted molar refractivity (Wildman–Crippen MR) is 95.2 cm³/mol. The predicted octanol–water partition coefficient (Wildman–Crippen LogP) is 2.85. The highest BCUT2D eigenvalue weighted by Crippen LogP contribution is 2.37. The lowest BCUT2D eigenvalue weighted by Gasteiger charge is -2.04. The fourth-order valence-electron chi connectivity index (χ4n) is 2.73. The number of fused-ring (bicyclic) bond motifs is 1. The minimum Gasteiger partial charge on any atom is -0.508 e. The van der Waals surface area contributed by atoms with Crippen LogP contribution < -0.4 is 5.32 Å². The molecule has 0 aliphatic carbocycles. The monoisotopic (exact) mass is 377 g/mol. The van der Waals surface area contributed by atoms with Crippen molar-refractivity contribution in [2.75, 3.05) is 13.3 Å². The molecule has 0 radical (unpaired) electrons. The van der Waals surface area contributed by atoms with Gasteiger partial charge in [-0.1, -0.05) is 0 Å². The SMILES string of the molecule is CNC(=O)c1c(-c2ccc(F)cc2)oc2cc(CS(C)(=O)=O)c(O)cc12. The molecule has 2 aromatic carbocycles. The molecule has 1 heterocycles. The first-order valence-electron chi connectivity index (χ1n) is 7.63. The molecule has 0 atom stereocenters. The number of carbonyl (C=O) groups is 1. The van der Waals surface area contributed by atoms with Crippen LogP contribution in [0.2, 0.25) is 0 Å². The number of amides is 1. The molecular formula is C18H16FNO5S. The highest BCUT2D eigenvalue weighted by Gasteiger charge is 2.23. The van der Waals surface area contributed by atoms with Crippen LogP contribution in [0.1, 0.15) is 15.9 Å². The van der Waals surface area contributed by atoms with Gasteiger partial charge in [-0.2, -0.15) is 0 Å². The summed E-state index contributed by atoms with van der Waals surface area (Å²) in [6.07, 6.45) is 1.05. The molecule has 0 saturated heterocycles. The maximum atomic E-state index is 13.2. The standard InChI is InChI=1S/C18H16FNO5S/c1-20-18(22)16-13-8-14(21)11(9-26(2,23)24)7-15(13)25-17(16)10-3-5-12(19)6-4-10/h3-8,21H,9H2,1-2H3,(H,20,22).